The summed E-state index contributed by atoms with van der Waals surface area (Å²) >= 11 is 0. The Bertz CT molecular complexity index is 856. The van der Waals surface area contributed by atoms with Crippen LogP contribution in [0.5, 0.6) is 5.75 Å². The van der Waals surface area contributed by atoms with E-state index in [2.05, 4.69) is 25.6 Å². The molecule has 2 aromatic heterocycles. The van der Waals surface area contributed by atoms with Crippen molar-refractivity contribution in [1.29, 1.82) is 0 Å². The summed E-state index contributed by atoms with van der Waals surface area (Å²) in [6, 6.07) is 13.2. The van der Waals surface area contributed by atoms with Gasteiger partial charge >= 0.3 is 0 Å². The molecule has 0 spiro atoms. The highest BCUT2D eigenvalue weighted by molar-refractivity contribution is 5.67. The first-order chi connectivity index (χ1) is 13.2. The molecule has 140 valence electrons. The lowest BCUT2D eigenvalue weighted by Crippen LogP contribution is -2.21. The van der Waals surface area contributed by atoms with Gasteiger partial charge in [0.2, 0.25) is 5.95 Å². The van der Waals surface area contributed by atoms with Crippen molar-refractivity contribution in [2.45, 2.75) is 19.9 Å². The van der Waals surface area contributed by atoms with Crippen LogP contribution in [0.2, 0.25) is 0 Å². The molecule has 27 heavy (non-hydrogen) atoms. The fraction of sp³-hybridized carbons (Fsp3) is 0.250. The highest BCUT2D eigenvalue weighted by Crippen LogP contribution is 2.24. The summed E-state index contributed by atoms with van der Waals surface area (Å²) in [7, 11) is 0. The van der Waals surface area contributed by atoms with Crippen LogP contribution in [0.15, 0.2) is 54.9 Å². The standard InChI is InChI=1S/C20H23N5O2/c1-3-27-17-6-4-16(5-7-17)23-19-12-18(15-8-10-21-11-9-15)24-20(25-19)22-14(2)13-26/h4-12,14,26H,3,13H2,1-2H3,(H2,22,23,24,25)/t14-/m0/s1. The number of nitrogens with zero attached hydrogens (tertiary/aromatic N) is 3. The van der Waals surface area contributed by atoms with Gasteiger partial charge in [-0.3, -0.25) is 4.98 Å². The number of aliphatic hydroxyl groups excluding tert-OH is 1. The Morgan fingerprint density at radius 3 is 2.48 bits per heavy atom. The lowest BCUT2D eigenvalue weighted by Gasteiger charge is -2.14. The van der Waals surface area contributed by atoms with E-state index in [0.29, 0.717) is 18.4 Å². The third-order valence-electron chi connectivity index (χ3n) is 3.79. The van der Waals surface area contributed by atoms with Crippen molar-refractivity contribution in [3.8, 4) is 17.0 Å². The third kappa shape index (κ3) is 5.15. The van der Waals surface area contributed by atoms with Crippen LogP contribution in [0, 0.1) is 0 Å². The van der Waals surface area contributed by atoms with Crippen LogP contribution in [0.1, 0.15) is 13.8 Å². The number of aliphatic hydroxyl groups is 1. The normalized spacial score (nSPS) is 11.7. The topological polar surface area (TPSA) is 92.2 Å². The molecule has 0 fully saturated rings. The van der Waals surface area contributed by atoms with Crippen molar-refractivity contribution in [2.24, 2.45) is 0 Å². The molecule has 0 aliphatic heterocycles. The van der Waals surface area contributed by atoms with Gasteiger partial charge in [0.25, 0.3) is 0 Å². The summed E-state index contributed by atoms with van der Waals surface area (Å²) < 4.78 is 5.47. The molecule has 3 aromatic rings. The smallest absolute Gasteiger partial charge is 0.225 e. The Balaban J connectivity index is 1.89. The van der Waals surface area contributed by atoms with Gasteiger partial charge in [-0.15, -0.1) is 0 Å². The Morgan fingerprint density at radius 1 is 1.07 bits per heavy atom. The molecule has 0 radical (unpaired) electrons. The minimum atomic E-state index is -0.156. The van der Waals surface area contributed by atoms with Crippen LogP contribution in [0.25, 0.3) is 11.3 Å². The molecule has 7 heteroatoms. The van der Waals surface area contributed by atoms with Gasteiger partial charge in [-0.2, -0.15) is 4.98 Å². The molecule has 3 rings (SSSR count). The highest BCUT2D eigenvalue weighted by atomic mass is 16.5. The number of rotatable bonds is 8. The Kier molecular flexibility index (Phi) is 6.17. The van der Waals surface area contributed by atoms with Gasteiger partial charge in [0.15, 0.2) is 0 Å². The Labute approximate surface area is 158 Å². The first-order valence-corrected chi connectivity index (χ1v) is 8.84. The molecule has 3 N–H and O–H groups in total. The van der Waals surface area contributed by atoms with Crippen molar-refractivity contribution in [3.63, 3.8) is 0 Å². The van der Waals surface area contributed by atoms with Gasteiger partial charge in [0, 0.05) is 35.8 Å². The molecular weight excluding hydrogens is 342 g/mol. The van der Waals surface area contributed by atoms with E-state index in [-0.39, 0.29) is 12.6 Å². The van der Waals surface area contributed by atoms with E-state index in [1.807, 2.05) is 56.3 Å². The zero-order valence-electron chi connectivity index (χ0n) is 15.4. The summed E-state index contributed by atoms with van der Waals surface area (Å²) in [5, 5.41) is 15.7. The van der Waals surface area contributed by atoms with Gasteiger partial charge in [0.05, 0.1) is 18.9 Å². The van der Waals surface area contributed by atoms with E-state index in [4.69, 9.17) is 4.74 Å². The first kappa shape index (κ1) is 18.6. The van der Waals surface area contributed by atoms with Crippen molar-refractivity contribution < 1.29 is 9.84 Å². The summed E-state index contributed by atoms with van der Waals surface area (Å²) in [6.45, 7) is 4.44. The van der Waals surface area contributed by atoms with E-state index in [0.717, 1.165) is 22.7 Å². The number of benzene rings is 1. The molecule has 2 heterocycles. The van der Waals surface area contributed by atoms with Crippen molar-refractivity contribution >= 4 is 17.5 Å². The van der Waals surface area contributed by atoms with E-state index < -0.39 is 0 Å². The van der Waals surface area contributed by atoms with Gasteiger partial charge in [-0.05, 0) is 50.2 Å². The number of hydrogen-bond donors (Lipinski definition) is 3. The largest absolute Gasteiger partial charge is 0.494 e. The van der Waals surface area contributed by atoms with Crippen LogP contribution in [0.4, 0.5) is 17.5 Å². The van der Waals surface area contributed by atoms with Gasteiger partial charge in [-0.25, -0.2) is 4.98 Å². The highest BCUT2D eigenvalue weighted by Gasteiger charge is 2.09. The second-order valence-electron chi connectivity index (χ2n) is 6.01. The van der Waals surface area contributed by atoms with Crippen LogP contribution in [0.3, 0.4) is 0 Å². The summed E-state index contributed by atoms with van der Waals surface area (Å²) in [6.07, 6.45) is 3.45. The van der Waals surface area contributed by atoms with Crippen molar-refractivity contribution in [2.75, 3.05) is 23.8 Å². The van der Waals surface area contributed by atoms with Crippen LogP contribution in [-0.2, 0) is 0 Å². The van der Waals surface area contributed by atoms with E-state index in [1.54, 1.807) is 12.4 Å². The average molecular weight is 365 g/mol. The van der Waals surface area contributed by atoms with E-state index >= 15 is 0 Å². The number of nitrogens with one attached hydrogen (secondary N) is 2. The van der Waals surface area contributed by atoms with Crippen LogP contribution in [-0.4, -0.2) is 39.3 Å². The number of aromatic nitrogens is 3. The number of anilines is 3. The maximum absolute atomic E-state index is 9.30. The molecule has 1 aromatic carbocycles. The monoisotopic (exact) mass is 365 g/mol. The second kappa shape index (κ2) is 8.95. The molecule has 0 bridgehead atoms. The van der Waals surface area contributed by atoms with E-state index in [9.17, 15) is 5.11 Å². The van der Waals surface area contributed by atoms with Crippen molar-refractivity contribution in [3.05, 3.63) is 54.9 Å². The van der Waals surface area contributed by atoms with Crippen LogP contribution < -0.4 is 15.4 Å². The lowest BCUT2D eigenvalue weighted by molar-refractivity contribution is 0.281. The fourth-order valence-corrected chi connectivity index (χ4v) is 2.46. The quantitative estimate of drug-likeness (QED) is 0.563. The minimum absolute atomic E-state index is 0.00943. The molecule has 0 saturated heterocycles. The fourth-order valence-electron chi connectivity index (χ4n) is 2.46. The summed E-state index contributed by atoms with van der Waals surface area (Å²) in [5.74, 6) is 1.91. The Morgan fingerprint density at radius 2 is 1.81 bits per heavy atom. The predicted molar refractivity (Wildman–Crippen MR) is 106 cm³/mol. The minimum Gasteiger partial charge on any atom is -0.494 e. The lowest BCUT2D eigenvalue weighted by atomic mass is 10.2. The number of ether oxygens (including phenoxy) is 1. The van der Waals surface area contributed by atoms with Gasteiger partial charge in [0.1, 0.15) is 11.6 Å². The predicted octanol–water partition coefficient (Wildman–Crippen LogP) is 3.47. The molecular formula is C20H23N5O2. The second-order valence-corrected chi connectivity index (χ2v) is 6.01. The molecule has 0 amide bonds. The third-order valence-corrected chi connectivity index (χ3v) is 3.79. The SMILES string of the molecule is CCOc1ccc(Nc2cc(-c3ccncc3)nc(N[C@@H](C)CO)n2)cc1. The van der Waals surface area contributed by atoms with Gasteiger partial charge < -0.3 is 20.5 Å². The maximum atomic E-state index is 9.30. The molecule has 0 aliphatic rings. The summed E-state index contributed by atoms with van der Waals surface area (Å²) in [5.41, 5.74) is 2.58. The molecule has 0 saturated carbocycles. The molecule has 7 nitrogen and oxygen atoms in total. The molecule has 0 aliphatic carbocycles. The zero-order chi connectivity index (χ0) is 19.1. The zero-order valence-corrected chi connectivity index (χ0v) is 15.4. The number of pyridine rings is 1. The van der Waals surface area contributed by atoms with Crippen molar-refractivity contribution in [1.82, 2.24) is 15.0 Å². The van der Waals surface area contributed by atoms with E-state index in [1.165, 1.54) is 0 Å². The molecule has 1 atom stereocenters. The number of hydrogen-bond acceptors (Lipinski definition) is 7. The Hall–Kier alpha value is -3.19. The van der Waals surface area contributed by atoms with Gasteiger partial charge in [-0.1, -0.05) is 0 Å². The molecule has 0 unspecified atom stereocenters. The summed E-state index contributed by atoms with van der Waals surface area (Å²) in [4.78, 5) is 13.1. The van der Waals surface area contributed by atoms with Crippen LogP contribution >= 0.6 is 0 Å². The average Bonchev–Trinajstić information content (AvgIpc) is 2.70. The first-order valence-electron chi connectivity index (χ1n) is 8.84. The maximum Gasteiger partial charge on any atom is 0.225 e.